The van der Waals surface area contributed by atoms with Crippen molar-refractivity contribution >= 4 is 22.7 Å². The third-order valence-corrected chi connectivity index (χ3v) is 6.67. The van der Waals surface area contributed by atoms with E-state index in [4.69, 9.17) is 9.40 Å². The molecular formula is C30H34N6O. The van der Waals surface area contributed by atoms with Crippen molar-refractivity contribution in [2.75, 3.05) is 23.3 Å². The van der Waals surface area contributed by atoms with E-state index in [1.807, 2.05) is 37.5 Å². The number of hydrogen-bond acceptors (Lipinski definition) is 7. The van der Waals surface area contributed by atoms with E-state index in [1.54, 1.807) is 6.26 Å². The largest absolute Gasteiger partial charge is 0.464 e. The van der Waals surface area contributed by atoms with Gasteiger partial charge in [-0.25, -0.2) is 19.9 Å². The predicted octanol–water partition coefficient (Wildman–Crippen LogP) is 7.23. The summed E-state index contributed by atoms with van der Waals surface area (Å²) in [6.45, 7) is 12.1. The maximum absolute atomic E-state index is 5.60. The molecule has 0 unspecified atom stereocenters. The number of nitrogens with zero attached hydrogens (tertiary/aromatic N) is 5. The molecule has 0 bridgehead atoms. The van der Waals surface area contributed by atoms with Gasteiger partial charge in [-0.1, -0.05) is 18.2 Å². The third kappa shape index (κ3) is 5.16. The van der Waals surface area contributed by atoms with Crippen LogP contribution in [-0.2, 0) is 0 Å². The Hall–Kier alpha value is -4.26. The molecule has 0 saturated carbocycles. The van der Waals surface area contributed by atoms with Crippen molar-refractivity contribution in [1.82, 2.24) is 19.9 Å². The molecule has 7 nitrogen and oxygen atoms in total. The number of rotatable bonds is 8. The van der Waals surface area contributed by atoms with Gasteiger partial charge < -0.3 is 14.6 Å². The Morgan fingerprint density at radius 1 is 0.919 bits per heavy atom. The third-order valence-electron chi connectivity index (χ3n) is 6.67. The molecule has 0 aliphatic rings. The molecule has 37 heavy (non-hydrogen) atoms. The number of benzene rings is 2. The molecule has 0 aliphatic heterocycles. The Morgan fingerprint density at radius 2 is 1.70 bits per heavy atom. The van der Waals surface area contributed by atoms with E-state index in [9.17, 15) is 0 Å². The van der Waals surface area contributed by atoms with Crippen LogP contribution in [0.4, 0.5) is 11.8 Å². The summed E-state index contributed by atoms with van der Waals surface area (Å²) >= 11 is 0. The van der Waals surface area contributed by atoms with Crippen LogP contribution in [0.1, 0.15) is 45.2 Å². The van der Waals surface area contributed by atoms with Crippen LogP contribution >= 0.6 is 0 Å². The van der Waals surface area contributed by atoms with E-state index < -0.39 is 0 Å². The second-order valence-corrected chi connectivity index (χ2v) is 9.25. The van der Waals surface area contributed by atoms with Crippen LogP contribution in [0.2, 0.25) is 0 Å². The first kappa shape index (κ1) is 24.4. The lowest BCUT2D eigenvalue weighted by molar-refractivity contribution is 0.613. The minimum absolute atomic E-state index is 0. The van der Waals surface area contributed by atoms with E-state index in [0.29, 0.717) is 0 Å². The number of hydrogen-bond donors (Lipinski definition) is 1. The first-order valence-corrected chi connectivity index (χ1v) is 12.7. The molecule has 1 N–H and O–H groups in total. The molecule has 0 fully saturated rings. The average molecular weight is 495 g/mol. The fourth-order valence-corrected chi connectivity index (χ4v) is 4.54. The highest BCUT2D eigenvalue weighted by atomic mass is 16.3. The molecule has 1 atom stereocenters. The average Bonchev–Trinajstić information content (AvgIpc) is 3.29. The van der Waals surface area contributed by atoms with Gasteiger partial charge >= 0.3 is 0 Å². The number of nitrogens with one attached hydrogen (secondary N) is 1. The Morgan fingerprint density at radius 3 is 2.46 bits per heavy atom. The van der Waals surface area contributed by atoms with Gasteiger partial charge in [0.05, 0.1) is 12.0 Å². The molecule has 2 aromatic carbocycles. The molecule has 5 rings (SSSR count). The number of furan rings is 1. The quantitative estimate of drug-likeness (QED) is 0.244. The molecule has 3 heterocycles. The van der Waals surface area contributed by atoms with Gasteiger partial charge in [0, 0.05) is 55.5 Å². The highest BCUT2D eigenvalue weighted by Gasteiger charge is 2.13. The molecule has 190 valence electrons. The Labute approximate surface area is 219 Å². The standard InChI is InChI=1S/C30H32N6O.H2/c1-6-36(7-2)30-31-16-25(17-32-30)23-10-8-9-22(13-23)20(4)33-29-15-27(34-21(5)35-29)24-11-12-28-26(14-24)19(3)18-37-28;/h8-18,20H,6-7H2,1-5H3,(H,33,34,35);1H/t20-;/m0./s1. The van der Waals surface area contributed by atoms with Gasteiger partial charge in [0.1, 0.15) is 17.2 Å². The molecular weight excluding hydrogens is 460 g/mol. The van der Waals surface area contributed by atoms with Gasteiger partial charge in [0.25, 0.3) is 0 Å². The number of fused-ring (bicyclic) bond motifs is 1. The maximum atomic E-state index is 5.60. The topological polar surface area (TPSA) is 80.0 Å². The summed E-state index contributed by atoms with van der Waals surface area (Å²) in [5.74, 6) is 2.27. The monoisotopic (exact) mass is 494 g/mol. The highest BCUT2D eigenvalue weighted by Crippen LogP contribution is 2.29. The first-order valence-electron chi connectivity index (χ1n) is 12.7. The Bertz CT molecular complexity index is 1530. The van der Waals surface area contributed by atoms with Gasteiger partial charge in [-0.2, -0.15) is 0 Å². The van der Waals surface area contributed by atoms with Crippen molar-refractivity contribution in [3.63, 3.8) is 0 Å². The molecule has 0 saturated heterocycles. The summed E-state index contributed by atoms with van der Waals surface area (Å²) in [7, 11) is 0. The number of aryl methyl sites for hydroxylation is 2. The van der Waals surface area contributed by atoms with E-state index in [0.717, 1.165) is 75.2 Å². The van der Waals surface area contributed by atoms with Crippen molar-refractivity contribution in [1.29, 1.82) is 0 Å². The van der Waals surface area contributed by atoms with Crippen molar-refractivity contribution in [3.8, 4) is 22.4 Å². The minimum Gasteiger partial charge on any atom is -0.464 e. The van der Waals surface area contributed by atoms with Crippen molar-refractivity contribution < 1.29 is 5.84 Å². The zero-order valence-electron chi connectivity index (χ0n) is 22.0. The molecule has 5 aromatic rings. The number of aromatic nitrogens is 4. The lowest BCUT2D eigenvalue weighted by Gasteiger charge is -2.19. The van der Waals surface area contributed by atoms with Crippen molar-refractivity contribution in [2.45, 2.75) is 40.7 Å². The second-order valence-electron chi connectivity index (χ2n) is 9.25. The summed E-state index contributed by atoms with van der Waals surface area (Å²) in [6, 6.07) is 16.7. The summed E-state index contributed by atoms with van der Waals surface area (Å²) in [5, 5.41) is 4.66. The van der Waals surface area contributed by atoms with Gasteiger partial charge in [-0.15, -0.1) is 0 Å². The van der Waals surface area contributed by atoms with Crippen molar-refractivity contribution in [2.24, 2.45) is 0 Å². The Kier molecular flexibility index (Phi) is 6.86. The van der Waals surface area contributed by atoms with Gasteiger partial charge in [-0.3, -0.25) is 0 Å². The van der Waals surface area contributed by atoms with Gasteiger partial charge in [-0.05, 0) is 75.6 Å². The zero-order chi connectivity index (χ0) is 25.9. The molecule has 0 radical (unpaired) electrons. The molecule has 7 heteroatoms. The maximum Gasteiger partial charge on any atom is 0.225 e. The molecule has 0 aliphatic carbocycles. The summed E-state index contributed by atoms with van der Waals surface area (Å²) in [5.41, 5.74) is 7.14. The van der Waals surface area contributed by atoms with Crippen LogP contribution in [-0.4, -0.2) is 33.0 Å². The molecule has 3 aromatic heterocycles. The van der Waals surface area contributed by atoms with E-state index in [1.165, 1.54) is 0 Å². The lowest BCUT2D eigenvalue weighted by atomic mass is 10.0. The second kappa shape index (κ2) is 10.4. The normalized spacial score (nSPS) is 12.0. The van der Waals surface area contributed by atoms with Gasteiger partial charge in [0.2, 0.25) is 5.95 Å². The lowest BCUT2D eigenvalue weighted by Crippen LogP contribution is -2.23. The summed E-state index contributed by atoms with van der Waals surface area (Å²) in [6.07, 6.45) is 5.58. The predicted molar refractivity (Wildman–Crippen MR) is 152 cm³/mol. The SMILES string of the molecule is CCN(CC)c1ncc(-c2cccc([C@H](C)Nc3cc(-c4ccc5occ(C)c5c4)nc(C)n3)c2)cn1.[HH]. The fraction of sp³-hybridized carbons (Fsp3) is 0.267. The van der Waals surface area contributed by atoms with E-state index in [2.05, 4.69) is 83.2 Å². The van der Waals surface area contributed by atoms with Crippen LogP contribution in [0.3, 0.4) is 0 Å². The molecule has 0 amide bonds. The molecule has 0 spiro atoms. The van der Waals surface area contributed by atoms with E-state index in [-0.39, 0.29) is 7.47 Å². The van der Waals surface area contributed by atoms with Crippen LogP contribution in [0.5, 0.6) is 0 Å². The smallest absolute Gasteiger partial charge is 0.225 e. The summed E-state index contributed by atoms with van der Waals surface area (Å²) in [4.78, 5) is 20.7. The van der Waals surface area contributed by atoms with Crippen LogP contribution in [0, 0.1) is 13.8 Å². The number of anilines is 2. The van der Waals surface area contributed by atoms with Crippen LogP contribution in [0.15, 0.2) is 71.6 Å². The van der Waals surface area contributed by atoms with Crippen LogP contribution in [0.25, 0.3) is 33.4 Å². The van der Waals surface area contributed by atoms with E-state index >= 15 is 0 Å². The van der Waals surface area contributed by atoms with Crippen molar-refractivity contribution in [3.05, 3.63) is 84.1 Å². The minimum atomic E-state index is 0. The van der Waals surface area contributed by atoms with Gasteiger partial charge in [0.15, 0.2) is 0 Å². The highest BCUT2D eigenvalue weighted by molar-refractivity contribution is 5.85. The zero-order valence-corrected chi connectivity index (χ0v) is 22.0. The Balaban J connectivity index is 0.00000336. The first-order chi connectivity index (χ1) is 17.9. The summed E-state index contributed by atoms with van der Waals surface area (Å²) < 4.78 is 5.60. The van der Waals surface area contributed by atoms with Crippen LogP contribution < -0.4 is 10.2 Å². The fourth-order valence-electron chi connectivity index (χ4n) is 4.54.